The molecule has 0 bridgehead atoms. The molecule has 3 N–H and O–H groups in total. The maximum Gasteiger partial charge on any atom is 0.255 e. The molecule has 2 rings (SSSR count). The summed E-state index contributed by atoms with van der Waals surface area (Å²) in [5, 5.41) is 2.82. The van der Waals surface area contributed by atoms with Crippen LogP contribution in [-0.4, -0.2) is 5.91 Å². The van der Waals surface area contributed by atoms with Crippen LogP contribution in [0.5, 0.6) is 0 Å². The summed E-state index contributed by atoms with van der Waals surface area (Å²) in [4.78, 5) is 11.9. The molecule has 0 fully saturated rings. The summed E-state index contributed by atoms with van der Waals surface area (Å²) < 4.78 is 13.0. The van der Waals surface area contributed by atoms with Crippen molar-refractivity contribution < 1.29 is 9.18 Å². The third-order valence-corrected chi connectivity index (χ3v) is 3.04. The molecule has 0 aromatic heterocycles. The van der Waals surface area contributed by atoms with Crippen molar-refractivity contribution in [1.29, 1.82) is 0 Å². The lowest BCUT2D eigenvalue weighted by Gasteiger charge is -2.08. The molecular formula is C13H9Cl2FN2O. The lowest BCUT2D eigenvalue weighted by molar-refractivity contribution is 0.102. The second kappa shape index (κ2) is 5.47. The molecule has 98 valence electrons. The molecule has 0 radical (unpaired) electrons. The Morgan fingerprint density at radius 1 is 1.11 bits per heavy atom. The lowest BCUT2D eigenvalue weighted by Crippen LogP contribution is -2.12. The highest BCUT2D eigenvalue weighted by Gasteiger charge is 2.11. The van der Waals surface area contributed by atoms with Gasteiger partial charge >= 0.3 is 0 Å². The van der Waals surface area contributed by atoms with E-state index in [9.17, 15) is 9.18 Å². The van der Waals surface area contributed by atoms with Crippen LogP contribution in [-0.2, 0) is 0 Å². The number of benzene rings is 2. The molecular weight excluding hydrogens is 290 g/mol. The van der Waals surface area contributed by atoms with Crippen molar-refractivity contribution in [1.82, 2.24) is 0 Å². The first-order valence-electron chi connectivity index (χ1n) is 5.29. The Labute approximate surface area is 119 Å². The van der Waals surface area contributed by atoms with Crippen molar-refractivity contribution in [2.45, 2.75) is 0 Å². The first-order valence-corrected chi connectivity index (χ1v) is 6.04. The monoisotopic (exact) mass is 298 g/mol. The molecule has 0 atom stereocenters. The van der Waals surface area contributed by atoms with Gasteiger partial charge in [0.1, 0.15) is 5.82 Å². The minimum absolute atomic E-state index is 0.119. The molecule has 0 unspecified atom stereocenters. The molecule has 0 aliphatic heterocycles. The Morgan fingerprint density at radius 3 is 2.53 bits per heavy atom. The predicted octanol–water partition coefficient (Wildman–Crippen LogP) is 3.97. The summed E-state index contributed by atoms with van der Waals surface area (Å²) in [5.74, 6) is -1.03. The van der Waals surface area contributed by atoms with Gasteiger partial charge in [-0.3, -0.25) is 4.79 Å². The van der Waals surface area contributed by atoms with Gasteiger partial charge in [0.2, 0.25) is 0 Å². The van der Waals surface area contributed by atoms with Crippen LogP contribution in [0.25, 0.3) is 0 Å². The molecule has 0 heterocycles. The van der Waals surface area contributed by atoms with Gasteiger partial charge < -0.3 is 11.1 Å². The van der Waals surface area contributed by atoms with Crippen LogP contribution in [0.2, 0.25) is 10.0 Å². The molecule has 19 heavy (non-hydrogen) atoms. The number of hydrogen-bond acceptors (Lipinski definition) is 2. The Kier molecular flexibility index (Phi) is 3.93. The van der Waals surface area contributed by atoms with Gasteiger partial charge in [-0.05, 0) is 36.4 Å². The number of rotatable bonds is 2. The first-order chi connectivity index (χ1) is 8.97. The molecule has 3 nitrogen and oxygen atoms in total. The van der Waals surface area contributed by atoms with E-state index < -0.39 is 11.7 Å². The van der Waals surface area contributed by atoms with Gasteiger partial charge in [-0.15, -0.1) is 0 Å². The van der Waals surface area contributed by atoms with Gasteiger partial charge in [-0.1, -0.05) is 23.2 Å². The van der Waals surface area contributed by atoms with E-state index in [1.165, 1.54) is 18.2 Å². The Morgan fingerprint density at radius 2 is 1.84 bits per heavy atom. The topological polar surface area (TPSA) is 55.1 Å². The number of carbonyl (C=O) groups is 1. The summed E-state index contributed by atoms with van der Waals surface area (Å²) in [6.45, 7) is 0. The highest BCUT2D eigenvalue weighted by atomic mass is 35.5. The number of nitrogens with two attached hydrogens (primary N) is 1. The van der Waals surface area contributed by atoms with Crippen LogP contribution in [0.1, 0.15) is 10.4 Å². The first kappa shape index (κ1) is 13.6. The van der Waals surface area contributed by atoms with E-state index in [1.54, 1.807) is 12.1 Å². The van der Waals surface area contributed by atoms with E-state index in [0.717, 1.165) is 6.07 Å². The van der Waals surface area contributed by atoms with Gasteiger partial charge in [0.05, 0.1) is 15.7 Å². The largest absolute Gasteiger partial charge is 0.399 e. The molecule has 6 heteroatoms. The Bertz CT molecular complexity index is 647. The molecule has 0 aliphatic carbocycles. The van der Waals surface area contributed by atoms with Crippen LogP contribution in [0.15, 0.2) is 36.4 Å². The molecule has 0 aliphatic rings. The molecule has 2 aromatic carbocycles. The van der Waals surface area contributed by atoms with Gasteiger partial charge in [0, 0.05) is 11.3 Å². The summed E-state index contributed by atoms with van der Waals surface area (Å²) in [6.07, 6.45) is 0. The Hall–Kier alpha value is -1.78. The quantitative estimate of drug-likeness (QED) is 0.824. The Balaban J connectivity index is 2.25. The fourth-order valence-corrected chi connectivity index (χ4v) is 1.82. The number of anilines is 2. The number of carbonyl (C=O) groups excluding carboxylic acids is 1. The minimum atomic E-state index is -0.583. The highest BCUT2D eigenvalue weighted by Crippen LogP contribution is 2.25. The normalized spacial score (nSPS) is 10.3. The molecule has 0 saturated heterocycles. The maximum absolute atomic E-state index is 13.0. The summed E-state index contributed by atoms with van der Waals surface area (Å²) in [5.41, 5.74) is 6.68. The van der Waals surface area contributed by atoms with E-state index in [1.807, 2.05) is 0 Å². The van der Waals surface area contributed by atoms with Gasteiger partial charge in [-0.2, -0.15) is 0 Å². The second-order valence-electron chi connectivity index (χ2n) is 3.82. The van der Waals surface area contributed by atoms with E-state index in [-0.39, 0.29) is 10.6 Å². The standard InChI is InChI=1S/C13H9Cl2FN2O/c14-9-3-2-8(17)6-12(9)18-13(19)7-1-4-11(16)10(15)5-7/h1-6H,17H2,(H,18,19). The SMILES string of the molecule is Nc1ccc(Cl)c(NC(=O)c2ccc(F)c(Cl)c2)c1. The zero-order valence-electron chi connectivity index (χ0n) is 9.58. The summed E-state index contributed by atoms with van der Waals surface area (Å²) in [7, 11) is 0. The third kappa shape index (κ3) is 3.16. The number of nitrogen functional groups attached to an aromatic ring is 1. The van der Waals surface area contributed by atoms with Crippen molar-refractivity contribution in [2.75, 3.05) is 11.1 Å². The van der Waals surface area contributed by atoms with Crippen LogP contribution >= 0.6 is 23.2 Å². The fourth-order valence-electron chi connectivity index (χ4n) is 1.47. The van der Waals surface area contributed by atoms with E-state index in [4.69, 9.17) is 28.9 Å². The average Bonchev–Trinajstić information content (AvgIpc) is 2.37. The predicted molar refractivity (Wildman–Crippen MR) is 75.2 cm³/mol. The van der Waals surface area contributed by atoms with Gasteiger partial charge in [0.25, 0.3) is 5.91 Å². The zero-order chi connectivity index (χ0) is 14.0. The summed E-state index contributed by atoms with van der Waals surface area (Å²) in [6, 6.07) is 8.42. The van der Waals surface area contributed by atoms with Crippen LogP contribution in [0.3, 0.4) is 0 Å². The van der Waals surface area contributed by atoms with E-state index in [2.05, 4.69) is 5.32 Å². The van der Waals surface area contributed by atoms with Crippen molar-refractivity contribution in [3.8, 4) is 0 Å². The minimum Gasteiger partial charge on any atom is -0.399 e. The highest BCUT2D eigenvalue weighted by molar-refractivity contribution is 6.34. The maximum atomic E-state index is 13.0. The number of halogens is 3. The van der Waals surface area contributed by atoms with Crippen molar-refractivity contribution in [3.05, 3.63) is 57.8 Å². The summed E-state index contributed by atoms with van der Waals surface area (Å²) >= 11 is 11.5. The van der Waals surface area contributed by atoms with Gasteiger partial charge in [0.15, 0.2) is 0 Å². The van der Waals surface area contributed by atoms with Crippen LogP contribution in [0, 0.1) is 5.82 Å². The lowest BCUT2D eigenvalue weighted by atomic mass is 10.2. The van der Waals surface area contributed by atoms with Gasteiger partial charge in [-0.25, -0.2) is 4.39 Å². The number of amides is 1. The molecule has 0 spiro atoms. The van der Waals surface area contributed by atoms with E-state index >= 15 is 0 Å². The van der Waals surface area contributed by atoms with E-state index in [0.29, 0.717) is 16.4 Å². The fraction of sp³-hybridized carbons (Fsp3) is 0. The van der Waals surface area contributed by atoms with Crippen molar-refractivity contribution >= 4 is 40.5 Å². The van der Waals surface area contributed by atoms with Crippen molar-refractivity contribution in [2.24, 2.45) is 0 Å². The van der Waals surface area contributed by atoms with Crippen molar-refractivity contribution in [3.63, 3.8) is 0 Å². The number of nitrogens with one attached hydrogen (secondary N) is 1. The van der Waals surface area contributed by atoms with Crippen LogP contribution in [0.4, 0.5) is 15.8 Å². The average molecular weight is 299 g/mol. The van der Waals surface area contributed by atoms with Crippen LogP contribution < -0.4 is 11.1 Å². The molecule has 0 saturated carbocycles. The zero-order valence-corrected chi connectivity index (χ0v) is 11.1. The number of hydrogen-bond donors (Lipinski definition) is 2. The smallest absolute Gasteiger partial charge is 0.255 e. The molecule has 1 amide bonds. The second-order valence-corrected chi connectivity index (χ2v) is 4.64. The molecule has 2 aromatic rings. The third-order valence-electron chi connectivity index (χ3n) is 2.42.